The van der Waals surface area contributed by atoms with E-state index in [1.54, 1.807) is 52.0 Å². The number of Topliss-reactive ketones (excluding diaryl/α,β-unsaturated/α-hetero) is 1. The highest BCUT2D eigenvalue weighted by Crippen LogP contribution is 2.41. The summed E-state index contributed by atoms with van der Waals surface area (Å²) in [6.45, 7) is 7.52. The van der Waals surface area contributed by atoms with E-state index in [1.807, 2.05) is 6.92 Å². The number of hydrogen-bond donors (Lipinski definition) is 0. The molecule has 0 bridgehead atoms. The summed E-state index contributed by atoms with van der Waals surface area (Å²) in [5, 5.41) is 11.5. The molecule has 0 saturated carbocycles. The molecule has 1 saturated heterocycles. The predicted octanol–water partition coefficient (Wildman–Crippen LogP) is 2.87. The van der Waals surface area contributed by atoms with Gasteiger partial charge in [0.25, 0.3) is 0 Å². The highest BCUT2D eigenvalue weighted by molar-refractivity contribution is 6.13. The van der Waals surface area contributed by atoms with Gasteiger partial charge in [-0.2, -0.15) is 0 Å². The molecule has 0 aliphatic carbocycles. The van der Waals surface area contributed by atoms with Crippen LogP contribution in [0.3, 0.4) is 0 Å². The standard InChI is InChI=1S/C21H28N2O7/c1-6-29-18(25)21(16(13-23(27)28)15-9-7-14(2)8-10-15)17(24)11-12-22(21)19(26)30-20(3,4)5/h7-10,16H,6,11-13H2,1-5H3/t16-,21+/m1/s1. The first kappa shape index (κ1) is 23.3. The Morgan fingerprint density at radius 2 is 1.87 bits per heavy atom. The Morgan fingerprint density at radius 1 is 1.27 bits per heavy atom. The molecule has 0 radical (unpaired) electrons. The fourth-order valence-electron chi connectivity index (χ4n) is 3.70. The minimum atomic E-state index is -2.17. The van der Waals surface area contributed by atoms with Crippen LogP contribution in [0, 0.1) is 17.0 Å². The molecule has 9 heteroatoms. The van der Waals surface area contributed by atoms with Crippen LogP contribution < -0.4 is 0 Å². The monoisotopic (exact) mass is 420 g/mol. The lowest BCUT2D eigenvalue weighted by atomic mass is 9.76. The SMILES string of the molecule is CCOC(=O)[C@]1([C@H](C[N+](=O)[O-])c2ccc(C)cc2)C(=O)CCN1C(=O)OC(C)(C)C. The maximum atomic E-state index is 13.2. The van der Waals surface area contributed by atoms with Gasteiger partial charge < -0.3 is 9.47 Å². The van der Waals surface area contributed by atoms with E-state index in [0.717, 1.165) is 10.5 Å². The summed E-state index contributed by atoms with van der Waals surface area (Å²) in [6.07, 6.45) is -1.01. The van der Waals surface area contributed by atoms with Gasteiger partial charge in [-0.15, -0.1) is 0 Å². The zero-order valence-electron chi connectivity index (χ0n) is 18.0. The van der Waals surface area contributed by atoms with Crippen molar-refractivity contribution in [1.82, 2.24) is 4.90 Å². The van der Waals surface area contributed by atoms with Crippen molar-refractivity contribution < 1.29 is 28.8 Å². The molecular formula is C21H28N2O7. The number of esters is 1. The van der Waals surface area contributed by atoms with Gasteiger partial charge in [-0.05, 0) is 40.2 Å². The second-order valence-electron chi connectivity index (χ2n) is 8.27. The zero-order chi connectivity index (χ0) is 22.7. The summed E-state index contributed by atoms with van der Waals surface area (Å²) < 4.78 is 10.6. The lowest BCUT2D eigenvalue weighted by molar-refractivity contribution is -0.485. The van der Waals surface area contributed by atoms with Gasteiger partial charge in [0, 0.05) is 17.9 Å². The first-order valence-electron chi connectivity index (χ1n) is 9.83. The normalized spacial score (nSPS) is 20.0. The van der Waals surface area contributed by atoms with Gasteiger partial charge >= 0.3 is 12.1 Å². The summed E-state index contributed by atoms with van der Waals surface area (Å²) in [6, 6.07) is 6.73. The zero-order valence-corrected chi connectivity index (χ0v) is 18.0. The second-order valence-corrected chi connectivity index (χ2v) is 8.27. The number of carbonyl (C=O) groups excluding carboxylic acids is 3. The van der Waals surface area contributed by atoms with Crippen LogP contribution in [0.25, 0.3) is 0 Å². The number of rotatable bonds is 6. The summed E-state index contributed by atoms with van der Waals surface area (Å²) in [4.78, 5) is 51.3. The van der Waals surface area contributed by atoms with Crippen molar-refractivity contribution in [1.29, 1.82) is 0 Å². The molecule has 2 atom stereocenters. The second kappa shape index (κ2) is 8.81. The molecular weight excluding hydrogens is 392 g/mol. The fraction of sp³-hybridized carbons (Fsp3) is 0.571. The molecule has 2 rings (SSSR count). The maximum absolute atomic E-state index is 13.2. The number of benzene rings is 1. The van der Waals surface area contributed by atoms with E-state index in [-0.39, 0.29) is 19.6 Å². The Hall–Kier alpha value is -2.97. The summed E-state index contributed by atoms with van der Waals surface area (Å²) in [7, 11) is 0. The number of carbonyl (C=O) groups is 3. The van der Waals surface area contributed by atoms with Crippen LogP contribution in [0.2, 0.25) is 0 Å². The third-order valence-corrected chi connectivity index (χ3v) is 4.93. The Morgan fingerprint density at radius 3 is 2.37 bits per heavy atom. The summed E-state index contributed by atoms with van der Waals surface area (Å²) in [5.41, 5.74) is -1.74. The Bertz CT molecular complexity index is 829. The maximum Gasteiger partial charge on any atom is 0.411 e. The van der Waals surface area contributed by atoms with Gasteiger partial charge in [-0.3, -0.25) is 19.8 Å². The van der Waals surface area contributed by atoms with Gasteiger partial charge in [0.05, 0.1) is 12.5 Å². The van der Waals surface area contributed by atoms with E-state index in [4.69, 9.17) is 9.47 Å². The van der Waals surface area contributed by atoms with Gasteiger partial charge in [0.1, 0.15) is 5.60 Å². The van der Waals surface area contributed by atoms with E-state index >= 15 is 0 Å². The smallest absolute Gasteiger partial charge is 0.411 e. The molecule has 0 aromatic heterocycles. The number of nitrogens with zero attached hydrogens (tertiary/aromatic N) is 2. The number of amides is 1. The van der Waals surface area contributed by atoms with Crippen molar-refractivity contribution in [2.75, 3.05) is 19.7 Å². The molecule has 1 aromatic carbocycles. The van der Waals surface area contributed by atoms with Crippen molar-refractivity contribution in [3.05, 3.63) is 45.5 Å². The van der Waals surface area contributed by atoms with Crippen molar-refractivity contribution >= 4 is 17.8 Å². The highest BCUT2D eigenvalue weighted by atomic mass is 16.6. The minimum absolute atomic E-state index is 0.0465. The van der Waals surface area contributed by atoms with Crippen molar-refractivity contribution in [2.45, 2.75) is 58.1 Å². The first-order chi connectivity index (χ1) is 13.9. The van der Waals surface area contributed by atoms with Gasteiger partial charge in [-0.25, -0.2) is 9.59 Å². The van der Waals surface area contributed by atoms with Crippen molar-refractivity contribution in [3.63, 3.8) is 0 Å². The lowest BCUT2D eigenvalue weighted by Crippen LogP contribution is -2.63. The topological polar surface area (TPSA) is 116 Å². The summed E-state index contributed by atoms with van der Waals surface area (Å²) >= 11 is 0. The molecule has 0 spiro atoms. The average Bonchev–Trinajstić information content (AvgIpc) is 2.97. The number of hydrogen-bond acceptors (Lipinski definition) is 7. The van der Waals surface area contributed by atoms with Crippen LogP contribution in [-0.2, 0) is 19.1 Å². The molecule has 164 valence electrons. The molecule has 1 fully saturated rings. The molecule has 0 N–H and O–H groups in total. The fourth-order valence-corrected chi connectivity index (χ4v) is 3.70. The van der Waals surface area contributed by atoms with Crippen LogP contribution in [0.5, 0.6) is 0 Å². The van der Waals surface area contributed by atoms with Gasteiger partial charge in [0.2, 0.25) is 12.1 Å². The highest BCUT2D eigenvalue weighted by Gasteiger charge is 2.64. The van der Waals surface area contributed by atoms with Crippen molar-refractivity contribution in [2.24, 2.45) is 0 Å². The van der Waals surface area contributed by atoms with Crippen LogP contribution in [0.1, 0.15) is 51.2 Å². The average molecular weight is 420 g/mol. The van der Waals surface area contributed by atoms with E-state index in [2.05, 4.69) is 0 Å². The third kappa shape index (κ3) is 4.60. The molecule has 1 heterocycles. The van der Waals surface area contributed by atoms with Crippen LogP contribution in [0.15, 0.2) is 24.3 Å². The number of likely N-dealkylation sites (tertiary alicyclic amines) is 1. The van der Waals surface area contributed by atoms with E-state index in [9.17, 15) is 24.5 Å². The molecule has 1 amide bonds. The molecule has 30 heavy (non-hydrogen) atoms. The van der Waals surface area contributed by atoms with Crippen molar-refractivity contribution in [3.8, 4) is 0 Å². The molecule has 1 aromatic rings. The third-order valence-electron chi connectivity index (χ3n) is 4.93. The predicted molar refractivity (Wildman–Crippen MR) is 108 cm³/mol. The number of nitro groups is 1. The van der Waals surface area contributed by atoms with E-state index < -0.39 is 46.4 Å². The number of aryl methyl sites for hydroxylation is 1. The van der Waals surface area contributed by atoms with Gasteiger partial charge in [-0.1, -0.05) is 29.8 Å². The Kier molecular flexibility index (Phi) is 6.84. The molecule has 9 nitrogen and oxygen atoms in total. The summed E-state index contributed by atoms with van der Waals surface area (Å²) in [5.74, 6) is -2.81. The Labute approximate surface area is 175 Å². The lowest BCUT2D eigenvalue weighted by Gasteiger charge is -2.39. The number of ketones is 1. The molecule has 1 aliphatic heterocycles. The van der Waals surface area contributed by atoms with Crippen LogP contribution in [0.4, 0.5) is 4.79 Å². The Balaban J connectivity index is 2.70. The van der Waals surface area contributed by atoms with Crippen LogP contribution >= 0.6 is 0 Å². The molecule has 0 unspecified atom stereocenters. The van der Waals surface area contributed by atoms with E-state index in [1.165, 1.54) is 0 Å². The largest absolute Gasteiger partial charge is 0.464 e. The van der Waals surface area contributed by atoms with Crippen LogP contribution in [-0.4, -0.2) is 58.5 Å². The molecule has 1 aliphatic rings. The van der Waals surface area contributed by atoms with E-state index in [0.29, 0.717) is 5.56 Å². The first-order valence-corrected chi connectivity index (χ1v) is 9.83. The number of ether oxygens (including phenoxy) is 2. The quantitative estimate of drug-likeness (QED) is 0.301. The van der Waals surface area contributed by atoms with Gasteiger partial charge in [0.15, 0.2) is 5.78 Å². The minimum Gasteiger partial charge on any atom is -0.464 e.